The third kappa shape index (κ3) is 5.11. The summed E-state index contributed by atoms with van der Waals surface area (Å²) in [7, 11) is 0. The maximum Gasteiger partial charge on any atom is 0.417 e. The first-order valence-electron chi connectivity index (χ1n) is 15.7. The van der Waals surface area contributed by atoms with Gasteiger partial charge in [0, 0.05) is 4.90 Å². The van der Waals surface area contributed by atoms with E-state index in [4.69, 9.17) is 9.47 Å². The summed E-state index contributed by atoms with van der Waals surface area (Å²) in [6.07, 6.45) is 13.8. The van der Waals surface area contributed by atoms with Crippen LogP contribution in [0.2, 0.25) is 0 Å². The Morgan fingerprint density at radius 1 is 1.05 bits per heavy atom. The molecule has 0 bridgehead atoms. The van der Waals surface area contributed by atoms with E-state index in [-0.39, 0.29) is 23.2 Å². The predicted octanol–water partition coefficient (Wildman–Crippen LogP) is 7.93. The molecule has 1 aliphatic heterocycles. The molecule has 4 saturated carbocycles. The van der Waals surface area contributed by atoms with Gasteiger partial charge < -0.3 is 14.6 Å². The second-order valence-electron chi connectivity index (χ2n) is 14.6. The highest BCUT2D eigenvalue weighted by Crippen LogP contribution is 2.67. The van der Waals surface area contributed by atoms with E-state index in [0.717, 1.165) is 42.2 Å². The number of amides is 1. The minimum atomic E-state index is -0.363. The van der Waals surface area contributed by atoms with Gasteiger partial charge in [0.25, 0.3) is 0 Å². The third-order valence-corrected chi connectivity index (χ3v) is 12.9. The Morgan fingerprint density at radius 2 is 1.87 bits per heavy atom. The fourth-order valence-electron chi connectivity index (χ4n) is 9.96. The molecular weight excluding hydrogens is 506 g/mol. The average Bonchev–Trinajstić information content (AvgIpc) is 3.23. The number of benzene rings is 1. The molecule has 0 radical (unpaired) electrons. The zero-order chi connectivity index (χ0) is 27.4. The number of hydrogen-bond acceptors (Lipinski definition) is 5. The molecule has 1 heterocycles. The van der Waals surface area contributed by atoms with Crippen molar-refractivity contribution in [3.8, 4) is 5.75 Å². The lowest BCUT2D eigenvalue weighted by atomic mass is 9.44. The molecule has 5 aliphatic rings. The van der Waals surface area contributed by atoms with E-state index in [1.165, 1.54) is 68.9 Å². The molecular formula is C33H49NO4S. The first kappa shape index (κ1) is 27.8. The van der Waals surface area contributed by atoms with E-state index >= 15 is 0 Å². The van der Waals surface area contributed by atoms with Gasteiger partial charge >= 0.3 is 6.09 Å². The van der Waals surface area contributed by atoms with Crippen LogP contribution in [0.25, 0.3) is 0 Å². The Labute approximate surface area is 239 Å². The molecule has 8 atom stereocenters. The van der Waals surface area contributed by atoms with Crippen LogP contribution in [-0.4, -0.2) is 29.5 Å². The highest BCUT2D eigenvalue weighted by atomic mass is 32.2. The number of hydrogen-bond donors (Lipinski definition) is 2. The van der Waals surface area contributed by atoms with Gasteiger partial charge in [-0.3, -0.25) is 4.72 Å². The summed E-state index contributed by atoms with van der Waals surface area (Å²) in [5.41, 5.74) is 1.77. The number of nitrogens with one attached hydrogen (secondary N) is 1. The van der Waals surface area contributed by atoms with Gasteiger partial charge in [0.2, 0.25) is 0 Å². The maximum absolute atomic E-state index is 12.5. The second kappa shape index (κ2) is 10.5. The van der Waals surface area contributed by atoms with Crippen molar-refractivity contribution in [2.24, 2.45) is 40.4 Å². The Balaban J connectivity index is 1.00. The SMILES string of the molecule is CC1(C)CCc2cc(SNC(=O)OCCC3CCC4C5C(CCC34C)C3(C)CCCCC3C[C@H]5O)ccc2O1. The number of carbonyl (C=O) groups excluding carboxylic acids is 1. The van der Waals surface area contributed by atoms with E-state index in [1.807, 2.05) is 12.1 Å². The second-order valence-corrected chi connectivity index (χ2v) is 15.5. The zero-order valence-corrected chi connectivity index (χ0v) is 25.3. The molecule has 39 heavy (non-hydrogen) atoms. The normalized spacial score (nSPS) is 40.3. The van der Waals surface area contributed by atoms with Gasteiger partial charge in [0.1, 0.15) is 11.4 Å². The van der Waals surface area contributed by atoms with Crippen LogP contribution in [0.3, 0.4) is 0 Å². The number of aryl methyl sites for hydroxylation is 1. The van der Waals surface area contributed by atoms with Crippen molar-refractivity contribution in [3.63, 3.8) is 0 Å². The topological polar surface area (TPSA) is 67.8 Å². The van der Waals surface area contributed by atoms with Crippen LogP contribution in [0.4, 0.5) is 4.79 Å². The summed E-state index contributed by atoms with van der Waals surface area (Å²) in [6, 6.07) is 6.12. The number of aliphatic hydroxyl groups excluding tert-OH is 1. The average molecular weight is 556 g/mol. The Kier molecular flexibility index (Phi) is 7.44. The molecule has 2 N–H and O–H groups in total. The minimum absolute atomic E-state index is 0.119. The summed E-state index contributed by atoms with van der Waals surface area (Å²) in [4.78, 5) is 13.5. The molecule has 4 fully saturated rings. The molecule has 6 rings (SSSR count). The van der Waals surface area contributed by atoms with E-state index in [9.17, 15) is 9.90 Å². The van der Waals surface area contributed by atoms with Gasteiger partial charge in [-0.15, -0.1) is 0 Å². The van der Waals surface area contributed by atoms with Gasteiger partial charge in [-0.05, 0) is 154 Å². The molecule has 1 aromatic rings. The smallest absolute Gasteiger partial charge is 0.417 e. The Bertz CT molecular complexity index is 1080. The van der Waals surface area contributed by atoms with Gasteiger partial charge in [0.05, 0.1) is 12.7 Å². The summed E-state index contributed by atoms with van der Waals surface area (Å²) in [6.45, 7) is 9.77. The van der Waals surface area contributed by atoms with E-state index in [2.05, 4.69) is 38.5 Å². The lowest BCUT2D eigenvalue weighted by Crippen LogP contribution is -2.57. The van der Waals surface area contributed by atoms with E-state index in [1.54, 1.807) is 0 Å². The molecule has 216 valence electrons. The van der Waals surface area contributed by atoms with Crippen molar-refractivity contribution in [1.82, 2.24) is 4.72 Å². The molecule has 1 amide bonds. The van der Waals surface area contributed by atoms with Crippen LogP contribution in [-0.2, 0) is 11.2 Å². The third-order valence-electron chi connectivity index (χ3n) is 12.2. The summed E-state index contributed by atoms with van der Waals surface area (Å²) >= 11 is 1.31. The molecule has 0 aromatic heterocycles. The van der Waals surface area contributed by atoms with Crippen molar-refractivity contribution >= 4 is 18.0 Å². The Hall–Kier alpha value is -1.40. The van der Waals surface area contributed by atoms with Crippen LogP contribution in [0.5, 0.6) is 5.75 Å². The molecule has 4 aliphatic carbocycles. The number of rotatable bonds is 5. The minimum Gasteiger partial charge on any atom is -0.488 e. The first-order chi connectivity index (χ1) is 18.6. The predicted molar refractivity (Wildman–Crippen MR) is 156 cm³/mol. The molecule has 7 unspecified atom stereocenters. The van der Waals surface area contributed by atoms with Crippen LogP contribution < -0.4 is 9.46 Å². The fraction of sp³-hybridized carbons (Fsp3) is 0.788. The largest absolute Gasteiger partial charge is 0.488 e. The van der Waals surface area contributed by atoms with Crippen molar-refractivity contribution < 1.29 is 19.4 Å². The first-order valence-corrected chi connectivity index (χ1v) is 16.5. The summed E-state index contributed by atoms with van der Waals surface area (Å²) < 4.78 is 14.6. The number of ether oxygens (including phenoxy) is 2. The van der Waals surface area contributed by atoms with Crippen molar-refractivity contribution in [2.75, 3.05) is 6.61 Å². The van der Waals surface area contributed by atoms with Crippen molar-refractivity contribution in [3.05, 3.63) is 23.8 Å². The Morgan fingerprint density at radius 3 is 2.72 bits per heavy atom. The van der Waals surface area contributed by atoms with Crippen molar-refractivity contribution in [2.45, 2.75) is 121 Å². The van der Waals surface area contributed by atoms with Crippen LogP contribution in [0.1, 0.15) is 104 Å². The zero-order valence-electron chi connectivity index (χ0n) is 24.5. The molecule has 1 aromatic carbocycles. The molecule has 0 saturated heterocycles. The standard InChI is InChI=1S/C33H49NO4S/c1-31(2)16-12-21-19-24(9-11-28(21)38-31)39-34-30(36)37-18-14-22-8-10-25-29-26(13-17-33(22,25)4)32(3)15-6-5-7-23(32)20-27(29)35/h9,11,19,22-23,25-27,29,35H,5-8,10,12-18,20H2,1-4H3,(H,34,36)/t22?,23?,25?,26?,27-,29?,32?,33?/m1/s1. The van der Waals surface area contributed by atoms with Crippen LogP contribution >= 0.6 is 11.9 Å². The van der Waals surface area contributed by atoms with Gasteiger partial charge in [-0.1, -0.05) is 26.7 Å². The highest BCUT2D eigenvalue weighted by molar-refractivity contribution is 7.98. The lowest BCUT2D eigenvalue weighted by molar-refractivity contribution is -0.163. The van der Waals surface area contributed by atoms with E-state index < -0.39 is 0 Å². The molecule has 5 nitrogen and oxygen atoms in total. The van der Waals surface area contributed by atoms with E-state index in [0.29, 0.717) is 35.7 Å². The fourth-order valence-corrected chi connectivity index (χ4v) is 10.6. The maximum atomic E-state index is 12.5. The number of aliphatic hydroxyl groups is 1. The van der Waals surface area contributed by atoms with Crippen LogP contribution in [0.15, 0.2) is 23.1 Å². The summed E-state index contributed by atoms with van der Waals surface area (Å²) in [5, 5.41) is 11.4. The van der Waals surface area contributed by atoms with Crippen molar-refractivity contribution in [1.29, 1.82) is 0 Å². The highest BCUT2D eigenvalue weighted by Gasteiger charge is 2.61. The lowest BCUT2D eigenvalue weighted by Gasteiger charge is -2.62. The quantitative estimate of drug-likeness (QED) is 0.361. The van der Waals surface area contributed by atoms with Gasteiger partial charge in [-0.2, -0.15) is 0 Å². The van der Waals surface area contributed by atoms with Gasteiger partial charge in [0.15, 0.2) is 0 Å². The molecule has 0 spiro atoms. The number of carbonyl (C=O) groups is 1. The molecule has 6 heteroatoms. The monoisotopic (exact) mass is 555 g/mol. The summed E-state index contributed by atoms with van der Waals surface area (Å²) in [5.74, 6) is 3.99. The van der Waals surface area contributed by atoms with Gasteiger partial charge in [-0.25, -0.2) is 4.79 Å². The van der Waals surface area contributed by atoms with Crippen LogP contribution in [0, 0.1) is 40.4 Å². The number of fused-ring (bicyclic) bond motifs is 6.